The maximum Gasteiger partial charge on any atom is 0.312 e. The molecular formula is C24H32ClN5O5S. The molecule has 12 heteroatoms. The summed E-state index contributed by atoms with van der Waals surface area (Å²) in [6.07, 6.45) is 0.863. The van der Waals surface area contributed by atoms with Crippen molar-refractivity contribution < 1.29 is 22.8 Å². The summed E-state index contributed by atoms with van der Waals surface area (Å²) in [5, 5.41) is 7.36. The molecule has 10 nitrogen and oxygen atoms in total. The zero-order valence-corrected chi connectivity index (χ0v) is 22.1. The lowest BCUT2D eigenvalue weighted by atomic mass is 9.92. The minimum atomic E-state index is -4.01. The first-order chi connectivity index (χ1) is 16.8. The van der Waals surface area contributed by atoms with Crippen LogP contribution in [0.5, 0.6) is 0 Å². The third-order valence-corrected chi connectivity index (χ3v) is 7.94. The zero-order valence-electron chi connectivity index (χ0n) is 20.5. The van der Waals surface area contributed by atoms with Gasteiger partial charge < -0.3 is 21.3 Å². The van der Waals surface area contributed by atoms with Gasteiger partial charge in [-0.1, -0.05) is 23.7 Å². The van der Waals surface area contributed by atoms with Gasteiger partial charge in [0, 0.05) is 24.2 Å². The highest BCUT2D eigenvalue weighted by Gasteiger charge is 2.47. The van der Waals surface area contributed by atoms with Gasteiger partial charge in [0.2, 0.25) is 21.8 Å². The molecule has 1 unspecified atom stereocenters. The lowest BCUT2D eigenvalue weighted by Gasteiger charge is -2.38. The summed E-state index contributed by atoms with van der Waals surface area (Å²) in [4.78, 5) is 38.9. The molecule has 1 saturated heterocycles. The van der Waals surface area contributed by atoms with E-state index in [4.69, 9.17) is 17.3 Å². The third kappa shape index (κ3) is 6.26. The first-order valence-electron chi connectivity index (χ1n) is 11.7. The van der Waals surface area contributed by atoms with Crippen molar-refractivity contribution in [3.63, 3.8) is 0 Å². The highest BCUT2D eigenvalue weighted by atomic mass is 35.5. The highest BCUT2D eigenvalue weighted by Crippen LogP contribution is 2.29. The lowest BCUT2D eigenvalue weighted by molar-refractivity contribution is -0.145. The molecule has 5 N–H and O–H groups in total. The number of fused-ring (bicyclic) bond motifs is 1. The van der Waals surface area contributed by atoms with Crippen LogP contribution in [0, 0.1) is 0 Å². The quantitative estimate of drug-likeness (QED) is 0.342. The van der Waals surface area contributed by atoms with E-state index in [1.807, 2.05) is 13.8 Å². The average molecular weight is 538 g/mol. The van der Waals surface area contributed by atoms with E-state index >= 15 is 0 Å². The Labute approximate surface area is 216 Å². The number of rotatable bonds is 10. The maximum absolute atomic E-state index is 13.4. The SMILES string of the molecule is CC(C)NC(=O)C(C)(CCCNC(N)=O)N1CC[C@H](NS(=O)(=O)c2ccc3cc(Cl)ccc3c2)C1=O. The predicted octanol–water partition coefficient (Wildman–Crippen LogP) is 2.10. The van der Waals surface area contributed by atoms with E-state index < -0.39 is 33.5 Å². The van der Waals surface area contributed by atoms with Crippen molar-refractivity contribution in [3.05, 3.63) is 41.4 Å². The summed E-state index contributed by atoms with van der Waals surface area (Å²) in [6, 6.07) is 7.95. The number of hydrogen-bond donors (Lipinski definition) is 4. The molecule has 1 aliphatic heterocycles. The van der Waals surface area contributed by atoms with Crippen LogP contribution in [0.15, 0.2) is 41.3 Å². The third-order valence-electron chi connectivity index (χ3n) is 6.23. The molecule has 2 atom stereocenters. The van der Waals surface area contributed by atoms with Gasteiger partial charge in [-0.3, -0.25) is 9.59 Å². The van der Waals surface area contributed by atoms with Crippen molar-refractivity contribution in [2.75, 3.05) is 13.1 Å². The van der Waals surface area contributed by atoms with Crippen LogP contribution in [-0.2, 0) is 19.6 Å². The summed E-state index contributed by atoms with van der Waals surface area (Å²) in [6.45, 7) is 5.72. The van der Waals surface area contributed by atoms with E-state index in [0.29, 0.717) is 16.8 Å². The smallest absolute Gasteiger partial charge is 0.312 e. The number of likely N-dealkylation sites (tertiary alicyclic amines) is 1. The van der Waals surface area contributed by atoms with Gasteiger partial charge in [0.05, 0.1) is 4.90 Å². The van der Waals surface area contributed by atoms with Crippen LogP contribution in [0.1, 0.15) is 40.0 Å². The second-order valence-electron chi connectivity index (χ2n) is 9.40. The van der Waals surface area contributed by atoms with Crippen molar-refractivity contribution in [1.29, 1.82) is 0 Å². The van der Waals surface area contributed by atoms with E-state index in [0.717, 1.165) is 5.39 Å². The van der Waals surface area contributed by atoms with Crippen molar-refractivity contribution in [2.45, 2.75) is 62.6 Å². The lowest BCUT2D eigenvalue weighted by Crippen LogP contribution is -2.60. The molecule has 2 aromatic rings. The molecule has 36 heavy (non-hydrogen) atoms. The first kappa shape index (κ1) is 27.7. The van der Waals surface area contributed by atoms with Crippen molar-refractivity contribution in [1.82, 2.24) is 20.3 Å². The van der Waals surface area contributed by atoms with Crippen LogP contribution in [0.3, 0.4) is 0 Å². The molecule has 0 aromatic heterocycles. The van der Waals surface area contributed by atoms with Crippen LogP contribution in [0.4, 0.5) is 4.79 Å². The summed E-state index contributed by atoms with van der Waals surface area (Å²) < 4.78 is 28.7. The van der Waals surface area contributed by atoms with Crippen LogP contribution in [0.2, 0.25) is 5.02 Å². The summed E-state index contributed by atoms with van der Waals surface area (Å²) >= 11 is 6.01. The number of hydrogen-bond acceptors (Lipinski definition) is 5. The number of primary amides is 1. The zero-order chi connectivity index (χ0) is 26.7. The first-order valence-corrected chi connectivity index (χ1v) is 13.6. The largest absolute Gasteiger partial charge is 0.352 e. The minimum absolute atomic E-state index is 0.0291. The molecule has 0 radical (unpaired) electrons. The fraction of sp³-hybridized carbons (Fsp3) is 0.458. The number of urea groups is 1. The Morgan fingerprint density at radius 2 is 1.86 bits per heavy atom. The normalized spacial score (nSPS) is 17.9. The number of sulfonamides is 1. The molecule has 0 spiro atoms. The summed E-state index contributed by atoms with van der Waals surface area (Å²) in [7, 11) is -4.01. The summed E-state index contributed by atoms with van der Waals surface area (Å²) in [5.41, 5.74) is 3.88. The van der Waals surface area contributed by atoms with Gasteiger partial charge in [-0.05, 0) is 75.1 Å². The molecule has 196 valence electrons. The summed E-state index contributed by atoms with van der Waals surface area (Å²) in [5.74, 6) is -0.822. The molecule has 1 fully saturated rings. The number of nitrogens with zero attached hydrogens (tertiary/aromatic N) is 1. The van der Waals surface area contributed by atoms with E-state index in [9.17, 15) is 22.8 Å². The molecule has 0 saturated carbocycles. The number of carbonyl (C=O) groups excluding carboxylic acids is 3. The van der Waals surface area contributed by atoms with Gasteiger partial charge in [0.1, 0.15) is 11.6 Å². The topological polar surface area (TPSA) is 151 Å². The Bertz CT molecular complexity index is 1270. The Kier molecular flexibility index (Phi) is 8.48. The minimum Gasteiger partial charge on any atom is -0.352 e. The van der Waals surface area contributed by atoms with E-state index in [2.05, 4.69) is 15.4 Å². The van der Waals surface area contributed by atoms with Crippen LogP contribution in [-0.4, -0.2) is 61.9 Å². The van der Waals surface area contributed by atoms with Crippen molar-refractivity contribution in [3.8, 4) is 0 Å². The van der Waals surface area contributed by atoms with Gasteiger partial charge in [0.15, 0.2) is 0 Å². The maximum atomic E-state index is 13.4. The number of amides is 4. The number of nitrogens with one attached hydrogen (secondary N) is 3. The van der Waals surface area contributed by atoms with Gasteiger partial charge in [-0.2, -0.15) is 4.72 Å². The van der Waals surface area contributed by atoms with Crippen molar-refractivity contribution >= 4 is 50.2 Å². The van der Waals surface area contributed by atoms with Gasteiger partial charge in [-0.25, -0.2) is 13.2 Å². The van der Waals surface area contributed by atoms with E-state index in [-0.39, 0.29) is 42.8 Å². The van der Waals surface area contributed by atoms with Crippen molar-refractivity contribution in [2.24, 2.45) is 5.73 Å². The Morgan fingerprint density at radius 1 is 1.19 bits per heavy atom. The highest BCUT2D eigenvalue weighted by molar-refractivity contribution is 7.89. The molecule has 3 rings (SSSR count). The molecule has 4 amide bonds. The number of halogens is 1. The van der Waals surface area contributed by atoms with Crippen LogP contribution < -0.4 is 21.1 Å². The van der Waals surface area contributed by atoms with Gasteiger partial charge >= 0.3 is 6.03 Å². The fourth-order valence-electron chi connectivity index (χ4n) is 4.33. The standard InChI is InChI=1S/C24H32ClN5O5S/c1-15(2)28-22(32)24(3,10-4-11-27-23(26)33)30-12-9-20(21(30)31)29-36(34,35)19-8-6-16-13-18(25)7-5-17(16)14-19/h5-8,13-15,20,29H,4,9-12H2,1-3H3,(H,28,32)(H3,26,27,33)/t20-,24?/m0/s1. The van der Waals surface area contributed by atoms with Crippen LogP contribution in [0.25, 0.3) is 10.8 Å². The monoisotopic (exact) mass is 537 g/mol. The number of benzene rings is 2. The molecule has 0 aliphatic carbocycles. The predicted molar refractivity (Wildman–Crippen MR) is 138 cm³/mol. The van der Waals surface area contributed by atoms with Crippen LogP contribution >= 0.6 is 11.6 Å². The average Bonchev–Trinajstić information content (AvgIpc) is 3.15. The molecule has 1 heterocycles. The molecule has 1 aliphatic rings. The molecule has 0 bridgehead atoms. The van der Waals surface area contributed by atoms with E-state index in [1.165, 1.54) is 17.0 Å². The second kappa shape index (κ2) is 11.0. The Balaban J connectivity index is 1.79. The number of nitrogens with two attached hydrogens (primary N) is 1. The fourth-order valence-corrected chi connectivity index (χ4v) is 5.77. The second-order valence-corrected chi connectivity index (χ2v) is 11.6. The molecule has 2 aromatic carbocycles. The van der Waals surface area contributed by atoms with Gasteiger partial charge in [-0.15, -0.1) is 0 Å². The van der Waals surface area contributed by atoms with Gasteiger partial charge in [0.25, 0.3) is 0 Å². The Morgan fingerprint density at radius 3 is 2.53 bits per heavy atom. The number of carbonyl (C=O) groups is 3. The van der Waals surface area contributed by atoms with E-state index in [1.54, 1.807) is 31.2 Å². The molecular weight excluding hydrogens is 506 g/mol. The Hall–Kier alpha value is -2.89.